The minimum Gasteiger partial charge on any atom is -0.489 e. The normalized spacial score (nSPS) is 26.5. The van der Waals surface area contributed by atoms with Gasteiger partial charge in [-0.25, -0.2) is 4.39 Å². The Morgan fingerprint density at radius 2 is 1.73 bits per heavy atom. The molecule has 2 saturated heterocycles. The number of hydrogen-bond acceptors (Lipinski definition) is 6. The summed E-state index contributed by atoms with van der Waals surface area (Å²) in [4.78, 5) is 40.7. The van der Waals surface area contributed by atoms with Gasteiger partial charge in [0, 0.05) is 43.7 Å². The lowest BCUT2D eigenvalue weighted by Gasteiger charge is -2.47. The highest BCUT2D eigenvalue weighted by Crippen LogP contribution is 2.34. The van der Waals surface area contributed by atoms with Gasteiger partial charge in [-0.2, -0.15) is 0 Å². The SMILES string of the molecule is O=C1CCC(N2Cc3cc(O[C@H]4CCCC[C@H]4N4CC(Oc5cccc(F)c5)C4)ccc3C2=O)C(=O)N1. The summed E-state index contributed by atoms with van der Waals surface area (Å²) in [7, 11) is 0. The lowest BCUT2D eigenvalue weighted by molar-refractivity contribution is -0.136. The largest absolute Gasteiger partial charge is 0.489 e. The molecule has 0 spiro atoms. The molecular weight excluding hydrogens is 477 g/mol. The number of benzene rings is 2. The van der Waals surface area contributed by atoms with Gasteiger partial charge in [-0.05, 0) is 61.6 Å². The van der Waals surface area contributed by atoms with E-state index in [2.05, 4.69) is 10.2 Å². The lowest BCUT2D eigenvalue weighted by atomic mass is 9.89. The molecule has 9 heteroatoms. The van der Waals surface area contributed by atoms with Crippen LogP contribution in [0.1, 0.15) is 54.4 Å². The third-order valence-electron chi connectivity index (χ3n) is 7.89. The number of nitrogens with one attached hydrogen (secondary N) is 1. The molecule has 1 unspecified atom stereocenters. The van der Waals surface area contributed by atoms with E-state index < -0.39 is 11.9 Å². The maximum Gasteiger partial charge on any atom is 0.255 e. The first-order valence-electron chi connectivity index (χ1n) is 13.0. The van der Waals surface area contributed by atoms with Gasteiger partial charge in [0.15, 0.2) is 0 Å². The predicted octanol–water partition coefficient (Wildman–Crippen LogP) is 3.04. The zero-order chi connectivity index (χ0) is 25.5. The molecule has 3 aliphatic heterocycles. The maximum absolute atomic E-state index is 13.5. The van der Waals surface area contributed by atoms with Gasteiger partial charge in [0.2, 0.25) is 11.8 Å². The Morgan fingerprint density at radius 3 is 2.54 bits per heavy atom. The van der Waals surface area contributed by atoms with E-state index in [4.69, 9.17) is 9.47 Å². The molecule has 2 aromatic rings. The van der Waals surface area contributed by atoms with Crippen molar-refractivity contribution in [2.45, 2.75) is 69.4 Å². The van der Waals surface area contributed by atoms with Gasteiger partial charge in [-0.15, -0.1) is 0 Å². The van der Waals surface area contributed by atoms with Crippen LogP contribution < -0.4 is 14.8 Å². The summed E-state index contributed by atoms with van der Waals surface area (Å²) < 4.78 is 25.9. The Morgan fingerprint density at radius 1 is 0.919 bits per heavy atom. The highest BCUT2D eigenvalue weighted by Gasteiger charge is 2.41. The number of nitrogens with zero attached hydrogens (tertiary/aromatic N) is 2. The molecule has 0 radical (unpaired) electrons. The first-order valence-corrected chi connectivity index (χ1v) is 13.0. The first kappa shape index (κ1) is 23.9. The van der Waals surface area contributed by atoms with Gasteiger partial charge in [0.05, 0.1) is 0 Å². The van der Waals surface area contributed by atoms with Crippen molar-refractivity contribution >= 4 is 17.7 Å². The number of carbonyl (C=O) groups excluding carboxylic acids is 3. The highest BCUT2D eigenvalue weighted by molar-refractivity contribution is 6.05. The van der Waals surface area contributed by atoms with Gasteiger partial charge < -0.3 is 14.4 Å². The third-order valence-corrected chi connectivity index (χ3v) is 7.89. The van der Waals surface area contributed by atoms with Gasteiger partial charge in [0.25, 0.3) is 5.91 Å². The van der Waals surface area contributed by atoms with E-state index >= 15 is 0 Å². The summed E-state index contributed by atoms with van der Waals surface area (Å²) in [5.74, 6) is 0.0920. The van der Waals surface area contributed by atoms with Gasteiger partial charge in [0.1, 0.15) is 35.6 Å². The van der Waals surface area contributed by atoms with Crippen LogP contribution in [0.4, 0.5) is 4.39 Å². The molecule has 1 aliphatic carbocycles. The van der Waals surface area contributed by atoms with Crippen LogP contribution in [0, 0.1) is 5.82 Å². The smallest absolute Gasteiger partial charge is 0.255 e. The van der Waals surface area contributed by atoms with Crippen LogP contribution in [0.3, 0.4) is 0 Å². The molecule has 1 N–H and O–H groups in total. The summed E-state index contributed by atoms with van der Waals surface area (Å²) in [6.45, 7) is 1.89. The summed E-state index contributed by atoms with van der Waals surface area (Å²) in [5.41, 5.74) is 1.42. The minimum absolute atomic E-state index is 0.0327. The number of piperidine rings is 1. The Balaban J connectivity index is 1.09. The highest BCUT2D eigenvalue weighted by atomic mass is 19.1. The summed E-state index contributed by atoms with van der Waals surface area (Å²) in [6, 6.07) is 11.4. The van der Waals surface area contributed by atoms with Gasteiger partial charge in [-0.3, -0.25) is 24.6 Å². The van der Waals surface area contributed by atoms with Crippen molar-refractivity contribution in [2.75, 3.05) is 13.1 Å². The van der Waals surface area contributed by atoms with Crippen molar-refractivity contribution in [3.05, 3.63) is 59.4 Å². The number of rotatable bonds is 6. The van der Waals surface area contributed by atoms with E-state index in [9.17, 15) is 18.8 Å². The van der Waals surface area contributed by atoms with Crippen molar-refractivity contribution in [1.82, 2.24) is 15.1 Å². The second kappa shape index (κ2) is 9.78. The van der Waals surface area contributed by atoms with E-state index in [1.807, 2.05) is 12.1 Å². The minimum atomic E-state index is -0.626. The molecule has 3 atom stereocenters. The Hall–Kier alpha value is -3.46. The molecule has 1 saturated carbocycles. The lowest BCUT2D eigenvalue weighted by Crippen LogP contribution is -2.62. The molecule has 8 nitrogen and oxygen atoms in total. The molecular formula is C28H30FN3O5. The number of hydrogen-bond donors (Lipinski definition) is 1. The van der Waals surface area contributed by atoms with Crippen LogP contribution in [0.25, 0.3) is 0 Å². The van der Waals surface area contributed by atoms with Crippen molar-refractivity contribution in [3.8, 4) is 11.5 Å². The van der Waals surface area contributed by atoms with E-state index in [1.165, 1.54) is 12.1 Å². The van der Waals surface area contributed by atoms with Crippen molar-refractivity contribution < 1.29 is 28.2 Å². The van der Waals surface area contributed by atoms with Gasteiger partial charge in [-0.1, -0.05) is 12.5 Å². The first-order chi connectivity index (χ1) is 17.9. The predicted molar refractivity (Wildman–Crippen MR) is 132 cm³/mol. The van der Waals surface area contributed by atoms with Crippen LogP contribution in [-0.4, -0.2) is 64.9 Å². The molecule has 4 aliphatic rings. The van der Waals surface area contributed by atoms with Crippen LogP contribution in [0.15, 0.2) is 42.5 Å². The molecule has 37 heavy (non-hydrogen) atoms. The zero-order valence-electron chi connectivity index (χ0n) is 20.5. The molecule has 3 fully saturated rings. The molecule has 194 valence electrons. The van der Waals surface area contributed by atoms with E-state index in [-0.39, 0.29) is 42.3 Å². The number of ether oxygens (including phenoxy) is 2. The summed E-state index contributed by atoms with van der Waals surface area (Å²) in [5, 5.41) is 2.34. The maximum atomic E-state index is 13.5. The average Bonchev–Trinajstić information content (AvgIpc) is 3.17. The Labute approximate surface area is 214 Å². The molecule has 0 aromatic heterocycles. The second-order valence-electron chi connectivity index (χ2n) is 10.4. The number of likely N-dealkylation sites (tertiary alicyclic amines) is 1. The van der Waals surface area contributed by atoms with Crippen molar-refractivity contribution in [1.29, 1.82) is 0 Å². The number of fused-ring (bicyclic) bond motifs is 1. The Kier molecular flexibility index (Phi) is 6.32. The average molecular weight is 508 g/mol. The third kappa shape index (κ3) is 4.80. The Bertz CT molecular complexity index is 1230. The zero-order valence-corrected chi connectivity index (χ0v) is 20.5. The quantitative estimate of drug-likeness (QED) is 0.605. The fraction of sp³-hybridized carbons (Fsp3) is 0.464. The second-order valence-corrected chi connectivity index (χ2v) is 10.4. The fourth-order valence-electron chi connectivity index (χ4n) is 5.98. The molecule has 2 aromatic carbocycles. The van der Waals surface area contributed by atoms with Gasteiger partial charge >= 0.3 is 0 Å². The van der Waals surface area contributed by atoms with Crippen molar-refractivity contribution in [2.24, 2.45) is 0 Å². The van der Waals surface area contributed by atoms with Crippen LogP contribution >= 0.6 is 0 Å². The van der Waals surface area contributed by atoms with Crippen LogP contribution in [-0.2, 0) is 16.1 Å². The van der Waals surface area contributed by atoms with Crippen LogP contribution in [0.2, 0.25) is 0 Å². The molecule has 3 heterocycles. The molecule has 6 rings (SSSR count). The van der Waals surface area contributed by atoms with E-state index in [0.717, 1.165) is 50.1 Å². The van der Waals surface area contributed by atoms with Crippen LogP contribution in [0.5, 0.6) is 11.5 Å². The molecule has 0 bridgehead atoms. The van der Waals surface area contributed by atoms with E-state index in [0.29, 0.717) is 24.3 Å². The standard InChI is InChI=1S/C28H30FN3O5/c29-18-4-3-5-19(13-18)36-21-15-31(16-21)23-6-1-2-7-25(23)37-20-8-9-22-17(12-20)14-32(28(22)35)24-10-11-26(33)30-27(24)34/h3-5,8-9,12-13,21,23-25H,1-2,6-7,10-11,14-16H2,(H,30,33,34)/t23-,24?,25+/m1/s1. The molecule has 3 amide bonds. The number of imide groups is 1. The monoisotopic (exact) mass is 507 g/mol. The topological polar surface area (TPSA) is 88.2 Å². The van der Waals surface area contributed by atoms with Crippen molar-refractivity contribution in [3.63, 3.8) is 0 Å². The fourth-order valence-corrected chi connectivity index (χ4v) is 5.98. The van der Waals surface area contributed by atoms with E-state index in [1.54, 1.807) is 23.1 Å². The number of amides is 3. The number of halogens is 1. The summed E-state index contributed by atoms with van der Waals surface area (Å²) >= 11 is 0. The number of carbonyl (C=O) groups is 3. The summed E-state index contributed by atoms with van der Waals surface area (Å²) in [6.07, 6.45) is 4.90.